The summed E-state index contributed by atoms with van der Waals surface area (Å²) in [5, 5.41) is 6.91. The van der Waals surface area contributed by atoms with E-state index in [0.717, 1.165) is 30.5 Å². The van der Waals surface area contributed by atoms with Gasteiger partial charge in [-0.1, -0.05) is 28.1 Å². The highest BCUT2D eigenvalue weighted by Crippen LogP contribution is 2.11. The second kappa shape index (κ2) is 7.14. The number of hydrogen-bond donors (Lipinski definition) is 2. The number of hydrogen-bond acceptors (Lipinski definition) is 2. The molecule has 17 heavy (non-hydrogen) atoms. The molecule has 0 saturated heterocycles. The summed E-state index contributed by atoms with van der Waals surface area (Å²) in [6.07, 6.45) is 1.08. The zero-order valence-corrected chi connectivity index (χ0v) is 12.6. The number of benzene rings is 1. The SMILES string of the molecule is CC(C)(C)NCCNCCc1cccc(Br)c1. The molecule has 0 atom stereocenters. The van der Waals surface area contributed by atoms with Crippen LogP contribution in [0.3, 0.4) is 0 Å². The molecule has 1 aromatic carbocycles. The number of rotatable bonds is 6. The molecule has 3 heteroatoms. The molecule has 0 saturated carbocycles. The quantitative estimate of drug-likeness (QED) is 0.789. The summed E-state index contributed by atoms with van der Waals surface area (Å²) in [5.41, 5.74) is 1.59. The minimum absolute atomic E-state index is 0.214. The van der Waals surface area contributed by atoms with Crippen LogP contribution in [0.5, 0.6) is 0 Å². The summed E-state index contributed by atoms with van der Waals surface area (Å²) in [7, 11) is 0. The summed E-state index contributed by atoms with van der Waals surface area (Å²) < 4.78 is 1.16. The van der Waals surface area contributed by atoms with Gasteiger partial charge in [-0.15, -0.1) is 0 Å². The molecule has 2 nitrogen and oxygen atoms in total. The van der Waals surface area contributed by atoms with Crippen molar-refractivity contribution in [2.45, 2.75) is 32.7 Å². The predicted octanol–water partition coefficient (Wildman–Crippen LogP) is 2.97. The molecule has 0 radical (unpaired) electrons. The molecule has 0 unspecified atom stereocenters. The van der Waals surface area contributed by atoms with Gasteiger partial charge in [-0.3, -0.25) is 0 Å². The van der Waals surface area contributed by atoms with E-state index in [-0.39, 0.29) is 5.54 Å². The fourth-order valence-electron chi connectivity index (χ4n) is 1.58. The van der Waals surface area contributed by atoms with Crippen LogP contribution in [-0.2, 0) is 6.42 Å². The van der Waals surface area contributed by atoms with Crippen LogP contribution in [0.1, 0.15) is 26.3 Å². The van der Waals surface area contributed by atoms with Crippen LogP contribution in [0.15, 0.2) is 28.7 Å². The normalized spacial score (nSPS) is 11.8. The van der Waals surface area contributed by atoms with Gasteiger partial charge in [0.2, 0.25) is 0 Å². The largest absolute Gasteiger partial charge is 0.315 e. The van der Waals surface area contributed by atoms with Crippen LogP contribution < -0.4 is 10.6 Å². The van der Waals surface area contributed by atoms with E-state index >= 15 is 0 Å². The van der Waals surface area contributed by atoms with Gasteiger partial charge < -0.3 is 10.6 Å². The first-order valence-corrected chi connectivity index (χ1v) is 6.97. The van der Waals surface area contributed by atoms with Crippen LogP contribution >= 0.6 is 15.9 Å². The van der Waals surface area contributed by atoms with Crippen molar-refractivity contribution in [3.8, 4) is 0 Å². The van der Waals surface area contributed by atoms with E-state index in [0.29, 0.717) is 0 Å². The third kappa shape index (κ3) is 7.53. The molecule has 0 aliphatic rings. The molecular weight excluding hydrogens is 276 g/mol. The van der Waals surface area contributed by atoms with E-state index in [1.807, 2.05) is 0 Å². The van der Waals surface area contributed by atoms with E-state index in [2.05, 4.69) is 71.6 Å². The molecule has 2 N–H and O–H groups in total. The lowest BCUT2D eigenvalue weighted by atomic mass is 10.1. The molecule has 0 fully saturated rings. The maximum atomic E-state index is 3.49. The van der Waals surface area contributed by atoms with Gasteiger partial charge in [0.25, 0.3) is 0 Å². The van der Waals surface area contributed by atoms with Crippen LogP contribution in [0.25, 0.3) is 0 Å². The lowest BCUT2D eigenvalue weighted by Crippen LogP contribution is -2.40. The maximum Gasteiger partial charge on any atom is 0.0178 e. The summed E-state index contributed by atoms with van der Waals surface area (Å²) in [5.74, 6) is 0. The van der Waals surface area contributed by atoms with Crippen molar-refractivity contribution in [2.75, 3.05) is 19.6 Å². The lowest BCUT2D eigenvalue weighted by molar-refractivity contribution is 0.422. The Morgan fingerprint density at radius 1 is 1.12 bits per heavy atom. The minimum atomic E-state index is 0.214. The first kappa shape index (κ1) is 14.7. The van der Waals surface area contributed by atoms with Gasteiger partial charge in [-0.2, -0.15) is 0 Å². The average Bonchev–Trinajstić information content (AvgIpc) is 2.22. The molecule has 0 aromatic heterocycles. The molecule has 0 aliphatic heterocycles. The summed E-state index contributed by atoms with van der Waals surface area (Å²) in [6.45, 7) is 9.63. The van der Waals surface area contributed by atoms with Crippen LogP contribution in [0.4, 0.5) is 0 Å². The van der Waals surface area contributed by atoms with Crippen molar-refractivity contribution in [2.24, 2.45) is 0 Å². The highest BCUT2D eigenvalue weighted by atomic mass is 79.9. The Balaban J connectivity index is 2.09. The van der Waals surface area contributed by atoms with Gasteiger partial charge in [0.05, 0.1) is 0 Å². The smallest absolute Gasteiger partial charge is 0.0178 e. The molecule has 96 valence electrons. The second-order valence-corrected chi connectivity index (χ2v) is 6.22. The van der Waals surface area contributed by atoms with E-state index in [9.17, 15) is 0 Å². The molecule has 0 aliphatic carbocycles. The third-order valence-corrected chi connectivity index (χ3v) is 2.93. The Kier molecular flexibility index (Phi) is 6.17. The highest BCUT2D eigenvalue weighted by molar-refractivity contribution is 9.10. The molecule has 0 spiro atoms. The first-order valence-electron chi connectivity index (χ1n) is 6.17. The van der Waals surface area contributed by atoms with Gasteiger partial charge in [0, 0.05) is 23.1 Å². The Bertz CT molecular complexity index is 331. The van der Waals surface area contributed by atoms with Crippen LogP contribution in [0, 0.1) is 0 Å². The van der Waals surface area contributed by atoms with Crippen LogP contribution in [-0.4, -0.2) is 25.2 Å². The van der Waals surface area contributed by atoms with Crippen molar-refractivity contribution in [3.63, 3.8) is 0 Å². The summed E-state index contributed by atoms with van der Waals surface area (Å²) in [6, 6.07) is 8.49. The highest BCUT2D eigenvalue weighted by Gasteiger charge is 2.06. The Morgan fingerprint density at radius 3 is 2.53 bits per heavy atom. The minimum Gasteiger partial charge on any atom is -0.315 e. The zero-order valence-electron chi connectivity index (χ0n) is 11.0. The van der Waals surface area contributed by atoms with E-state index in [1.165, 1.54) is 5.56 Å². The summed E-state index contributed by atoms with van der Waals surface area (Å²) in [4.78, 5) is 0. The monoisotopic (exact) mass is 298 g/mol. The lowest BCUT2D eigenvalue weighted by Gasteiger charge is -2.20. The Labute approximate surface area is 113 Å². The molecular formula is C14H23BrN2. The summed E-state index contributed by atoms with van der Waals surface area (Å²) >= 11 is 3.49. The molecule has 1 rings (SSSR count). The topological polar surface area (TPSA) is 24.1 Å². The van der Waals surface area contributed by atoms with Gasteiger partial charge in [-0.25, -0.2) is 0 Å². The van der Waals surface area contributed by atoms with E-state index in [4.69, 9.17) is 0 Å². The fourth-order valence-corrected chi connectivity index (χ4v) is 2.02. The molecule has 0 heterocycles. The predicted molar refractivity (Wildman–Crippen MR) is 78.5 cm³/mol. The molecule has 0 bridgehead atoms. The van der Waals surface area contributed by atoms with E-state index < -0.39 is 0 Å². The number of nitrogens with one attached hydrogen (secondary N) is 2. The van der Waals surface area contributed by atoms with Crippen LogP contribution in [0.2, 0.25) is 0 Å². The average molecular weight is 299 g/mol. The van der Waals surface area contributed by atoms with Gasteiger partial charge >= 0.3 is 0 Å². The van der Waals surface area contributed by atoms with Crippen molar-refractivity contribution < 1.29 is 0 Å². The van der Waals surface area contributed by atoms with Crippen molar-refractivity contribution >= 4 is 15.9 Å². The first-order chi connectivity index (χ1) is 7.97. The van der Waals surface area contributed by atoms with E-state index in [1.54, 1.807) is 0 Å². The second-order valence-electron chi connectivity index (χ2n) is 5.31. The molecule has 0 amide bonds. The maximum absolute atomic E-state index is 3.49. The van der Waals surface area contributed by atoms with Crippen molar-refractivity contribution in [1.29, 1.82) is 0 Å². The Morgan fingerprint density at radius 2 is 1.88 bits per heavy atom. The number of halogens is 1. The van der Waals surface area contributed by atoms with Gasteiger partial charge in [-0.05, 0) is 51.4 Å². The third-order valence-electron chi connectivity index (χ3n) is 2.44. The van der Waals surface area contributed by atoms with Gasteiger partial charge in [0.1, 0.15) is 0 Å². The fraction of sp³-hybridized carbons (Fsp3) is 0.571. The standard InChI is InChI=1S/C14H23BrN2/c1-14(2,3)17-10-9-16-8-7-12-5-4-6-13(15)11-12/h4-6,11,16-17H,7-10H2,1-3H3. The zero-order chi connectivity index (χ0) is 12.7. The van der Waals surface area contributed by atoms with Crippen molar-refractivity contribution in [1.82, 2.24) is 10.6 Å². The van der Waals surface area contributed by atoms with Gasteiger partial charge in [0.15, 0.2) is 0 Å². The molecule has 1 aromatic rings. The Hall–Kier alpha value is -0.380. The van der Waals surface area contributed by atoms with Crippen molar-refractivity contribution in [3.05, 3.63) is 34.3 Å².